The molecule has 2 heterocycles. The van der Waals surface area contributed by atoms with Crippen molar-refractivity contribution in [1.82, 2.24) is 9.88 Å². The summed E-state index contributed by atoms with van der Waals surface area (Å²) in [4.78, 5) is 47.6. The minimum Gasteiger partial charge on any atom is -0.465 e. The molecule has 0 aliphatic carbocycles. The first-order chi connectivity index (χ1) is 11.8. The first-order valence-corrected chi connectivity index (χ1v) is 7.13. The predicted molar refractivity (Wildman–Crippen MR) is 84.6 cm³/mol. The Morgan fingerprint density at radius 1 is 1.28 bits per heavy atom. The number of carbonyl (C=O) groups is 3. The van der Waals surface area contributed by atoms with Crippen LogP contribution in [0.5, 0.6) is 0 Å². The van der Waals surface area contributed by atoms with Crippen LogP contribution in [0.2, 0.25) is 5.02 Å². The van der Waals surface area contributed by atoms with E-state index in [0.717, 1.165) is 29.9 Å². The Bertz CT molecular complexity index is 1030. The molecule has 0 atom stereocenters. The Kier molecular flexibility index (Phi) is 3.80. The van der Waals surface area contributed by atoms with Crippen molar-refractivity contribution >= 4 is 35.2 Å². The number of benzene rings is 1. The van der Waals surface area contributed by atoms with Gasteiger partial charge in [0, 0.05) is 6.07 Å². The molecule has 0 unspecified atom stereocenters. The van der Waals surface area contributed by atoms with E-state index in [0.29, 0.717) is 0 Å². The monoisotopic (exact) mass is 365 g/mol. The molecule has 2 aromatic rings. The summed E-state index contributed by atoms with van der Waals surface area (Å²) < 4.78 is 19.2. The number of amides is 2. The van der Waals surface area contributed by atoms with Gasteiger partial charge in [0.15, 0.2) is 0 Å². The van der Waals surface area contributed by atoms with Crippen LogP contribution < -0.4 is 16.6 Å². The highest BCUT2D eigenvalue weighted by Crippen LogP contribution is 2.30. The van der Waals surface area contributed by atoms with E-state index >= 15 is 0 Å². The van der Waals surface area contributed by atoms with Gasteiger partial charge in [0.25, 0.3) is 17.4 Å². The Hall–Kier alpha value is -3.20. The molecule has 0 spiro atoms. The number of hydrogen-bond donors (Lipinski definition) is 2. The van der Waals surface area contributed by atoms with Crippen LogP contribution in [-0.2, 0) is 4.74 Å². The van der Waals surface area contributed by atoms with Crippen molar-refractivity contribution in [3.63, 3.8) is 0 Å². The maximum Gasteiger partial charge on any atom is 0.342 e. The van der Waals surface area contributed by atoms with Gasteiger partial charge in [0.2, 0.25) is 0 Å². The number of esters is 1. The molecule has 128 valence electrons. The van der Waals surface area contributed by atoms with E-state index in [1.54, 1.807) is 0 Å². The molecule has 1 aliphatic heterocycles. The van der Waals surface area contributed by atoms with Crippen molar-refractivity contribution in [1.29, 1.82) is 0 Å². The lowest BCUT2D eigenvalue weighted by molar-refractivity contribution is 0.0595. The third-order valence-electron chi connectivity index (χ3n) is 3.65. The number of nitrogens with one attached hydrogen (secondary N) is 1. The number of halogens is 2. The Labute approximate surface area is 143 Å². The number of carbonyl (C=O) groups excluding carboxylic acids is 3. The third kappa shape index (κ3) is 2.36. The molecule has 0 saturated carbocycles. The molecule has 1 aromatic heterocycles. The van der Waals surface area contributed by atoms with Crippen molar-refractivity contribution in [3.8, 4) is 5.69 Å². The second-order valence-electron chi connectivity index (χ2n) is 5.02. The fourth-order valence-electron chi connectivity index (χ4n) is 2.53. The molecule has 25 heavy (non-hydrogen) atoms. The molecular formula is C15H9ClFN3O5. The number of imide groups is 1. The number of rotatable bonds is 2. The van der Waals surface area contributed by atoms with E-state index in [-0.39, 0.29) is 22.6 Å². The second kappa shape index (κ2) is 5.71. The number of nitrogen functional groups attached to an aromatic ring is 1. The van der Waals surface area contributed by atoms with E-state index < -0.39 is 39.7 Å². The lowest BCUT2D eigenvalue weighted by atomic mass is 10.1. The number of hydrogen-bond acceptors (Lipinski definition) is 6. The maximum absolute atomic E-state index is 13.9. The maximum atomic E-state index is 13.9. The van der Waals surface area contributed by atoms with Gasteiger partial charge in [-0.2, -0.15) is 0 Å². The molecule has 2 amide bonds. The smallest absolute Gasteiger partial charge is 0.342 e. The SMILES string of the molecule is COC(=O)c1c(F)ccc(-n2c(N)c3c(cc2=O)C(=O)NC3=O)c1Cl. The molecule has 3 rings (SSSR count). The summed E-state index contributed by atoms with van der Waals surface area (Å²) in [6, 6.07) is 2.92. The summed E-state index contributed by atoms with van der Waals surface area (Å²) in [5.74, 6) is -3.91. The van der Waals surface area contributed by atoms with Gasteiger partial charge in [-0.05, 0) is 12.1 Å². The molecule has 0 fully saturated rings. The molecule has 10 heteroatoms. The number of nitrogens with zero attached hydrogens (tertiary/aromatic N) is 1. The van der Waals surface area contributed by atoms with E-state index in [1.165, 1.54) is 0 Å². The third-order valence-corrected chi connectivity index (χ3v) is 4.04. The topological polar surface area (TPSA) is 120 Å². The van der Waals surface area contributed by atoms with Gasteiger partial charge in [0.1, 0.15) is 17.2 Å². The predicted octanol–water partition coefficient (Wildman–Crippen LogP) is 0.882. The van der Waals surface area contributed by atoms with Crippen LogP contribution in [0.4, 0.5) is 10.2 Å². The van der Waals surface area contributed by atoms with Crippen LogP contribution in [-0.4, -0.2) is 29.5 Å². The van der Waals surface area contributed by atoms with Crippen molar-refractivity contribution in [2.45, 2.75) is 0 Å². The summed E-state index contributed by atoms with van der Waals surface area (Å²) in [6.45, 7) is 0. The molecule has 3 N–H and O–H groups in total. The largest absolute Gasteiger partial charge is 0.465 e. The number of methoxy groups -OCH3 is 1. The highest BCUT2D eigenvalue weighted by Gasteiger charge is 2.32. The molecule has 1 aromatic carbocycles. The van der Waals surface area contributed by atoms with Crippen LogP contribution >= 0.6 is 11.6 Å². The van der Waals surface area contributed by atoms with Gasteiger partial charge in [-0.15, -0.1) is 0 Å². The fraction of sp³-hybridized carbons (Fsp3) is 0.0667. The van der Waals surface area contributed by atoms with Gasteiger partial charge < -0.3 is 10.5 Å². The zero-order valence-corrected chi connectivity index (χ0v) is 13.3. The van der Waals surface area contributed by atoms with Gasteiger partial charge in [-0.1, -0.05) is 11.6 Å². The standard InChI is InChI=1S/C15H9ClFN3O5/c1-25-15(24)10-6(17)2-3-7(11(10)16)20-8(21)4-5-9(12(20)18)14(23)19-13(5)22/h2-4H,18H2,1H3,(H,19,22,23). The highest BCUT2D eigenvalue weighted by molar-refractivity contribution is 6.35. The summed E-state index contributed by atoms with van der Waals surface area (Å²) in [6.07, 6.45) is 0. The van der Waals surface area contributed by atoms with Crippen molar-refractivity contribution in [2.75, 3.05) is 12.8 Å². The first-order valence-electron chi connectivity index (χ1n) is 6.75. The molecule has 8 nitrogen and oxygen atoms in total. The lowest BCUT2D eigenvalue weighted by Crippen LogP contribution is -2.25. The van der Waals surface area contributed by atoms with Gasteiger partial charge in [-0.25, -0.2) is 9.18 Å². The van der Waals surface area contributed by atoms with Crippen LogP contribution in [0, 0.1) is 5.82 Å². The van der Waals surface area contributed by atoms with Crippen molar-refractivity contribution in [2.24, 2.45) is 0 Å². The Morgan fingerprint density at radius 2 is 1.96 bits per heavy atom. The highest BCUT2D eigenvalue weighted by atomic mass is 35.5. The summed E-state index contributed by atoms with van der Waals surface area (Å²) >= 11 is 6.06. The first kappa shape index (κ1) is 16.7. The summed E-state index contributed by atoms with van der Waals surface area (Å²) in [5, 5.41) is 1.59. The number of ether oxygens (including phenoxy) is 1. The molecule has 1 aliphatic rings. The normalized spacial score (nSPS) is 12.8. The van der Waals surface area contributed by atoms with Crippen LogP contribution in [0.1, 0.15) is 31.1 Å². The van der Waals surface area contributed by atoms with E-state index in [4.69, 9.17) is 17.3 Å². The average molecular weight is 366 g/mol. The van der Waals surface area contributed by atoms with Crippen LogP contribution in [0.3, 0.4) is 0 Å². The minimum absolute atomic E-state index is 0.138. The van der Waals surface area contributed by atoms with Gasteiger partial charge in [0.05, 0.1) is 28.9 Å². The van der Waals surface area contributed by atoms with Crippen LogP contribution in [0.25, 0.3) is 5.69 Å². The number of pyridine rings is 1. The molecule has 0 bridgehead atoms. The second-order valence-corrected chi connectivity index (χ2v) is 5.40. The minimum atomic E-state index is -1.05. The molecule has 0 radical (unpaired) electrons. The van der Waals surface area contributed by atoms with Gasteiger partial charge >= 0.3 is 5.97 Å². The average Bonchev–Trinajstić information content (AvgIpc) is 2.83. The molecular weight excluding hydrogens is 357 g/mol. The number of anilines is 1. The quantitative estimate of drug-likeness (QED) is 0.602. The van der Waals surface area contributed by atoms with Gasteiger partial charge in [-0.3, -0.25) is 24.3 Å². The number of aromatic nitrogens is 1. The summed E-state index contributed by atoms with van der Waals surface area (Å²) in [7, 11) is 1.04. The fourth-order valence-corrected chi connectivity index (χ4v) is 2.85. The Morgan fingerprint density at radius 3 is 2.60 bits per heavy atom. The van der Waals surface area contributed by atoms with E-state index in [2.05, 4.69) is 4.74 Å². The number of nitrogens with two attached hydrogens (primary N) is 1. The Balaban J connectivity index is 2.35. The van der Waals surface area contributed by atoms with Crippen molar-refractivity contribution in [3.05, 3.63) is 56.1 Å². The zero-order valence-electron chi connectivity index (χ0n) is 12.6. The number of fused-ring (bicyclic) bond motifs is 1. The summed E-state index contributed by atoms with van der Waals surface area (Å²) in [5.41, 5.74) is 3.98. The molecule has 0 saturated heterocycles. The van der Waals surface area contributed by atoms with Crippen molar-refractivity contribution < 1.29 is 23.5 Å². The lowest BCUT2D eigenvalue weighted by Gasteiger charge is -2.15. The van der Waals surface area contributed by atoms with Crippen LogP contribution in [0.15, 0.2) is 23.0 Å². The van der Waals surface area contributed by atoms with E-state index in [1.807, 2.05) is 5.32 Å². The zero-order chi connectivity index (χ0) is 18.5. The van der Waals surface area contributed by atoms with E-state index in [9.17, 15) is 23.6 Å².